The molecule has 3 fully saturated rings. The number of hydrogen-bond acceptors (Lipinski definition) is 3. The van der Waals surface area contributed by atoms with E-state index in [1.54, 1.807) is 0 Å². The highest BCUT2D eigenvalue weighted by atomic mass is 16.2. The maximum absolute atomic E-state index is 12.7. The van der Waals surface area contributed by atoms with Crippen LogP contribution in [0.15, 0.2) is 24.3 Å². The Labute approximate surface area is 148 Å². The highest BCUT2D eigenvalue weighted by Gasteiger charge is 2.49. The van der Waals surface area contributed by atoms with Crippen LogP contribution >= 0.6 is 0 Å². The van der Waals surface area contributed by atoms with Gasteiger partial charge in [0.15, 0.2) is 0 Å². The lowest BCUT2D eigenvalue weighted by molar-refractivity contribution is -0.127. The third-order valence-corrected chi connectivity index (χ3v) is 6.42. The Morgan fingerprint density at radius 1 is 1.24 bits per heavy atom. The van der Waals surface area contributed by atoms with E-state index >= 15 is 0 Å². The number of nitrogens with one attached hydrogen (secondary N) is 1. The van der Waals surface area contributed by atoms with E-state index in [0.717, 1.165) is 37.1 Å². The van der Waals surface area contributed by atoms with Gasteiger partial charge in [-0.3, -0.25) is 9.59 Å². The molecule has 3 N–H and O–H groups in total. The normalized spacial score (nSPS) is 32.2. The monoisotopic (exact) mass is 341 g/mol. The minimum atomic E-state index is -0.0536. The van der Waals surface area contributed by atoms with Crippen LogP contribution in [0.4, 0.5) is 5.69 Å². The number of nitrogens with two attached hydrogens (primary N) is 1. The number of benzene rings is 1. The van der Waals surface area contributed by atoms with Gasteiger partial charge in [0.05, 0.1) is 12.0 Å². The van der Waals surface area contributed by atoms with Crippen LogP contribution < -0.4 is 16.0 Å². The first kappa shape index (κ1) is 16.6. The Hall–Kier alpha value is -1.88. The number of amides is 2. The summed E-state index contributed by atoms with van der Waals surface area (Å²) < 4.78 is 0. The largest absolute Gasteiger partial charge is 0.349 e. The third kappa shape index (κ3) is 2.95. The summed E-state index contributed by atoms with van der Waals surface area (Å²) in [6, 6.07) is 7.94. The van der Waals surface area contributed by atoms with Crippen molar-refractivity contribution in [1.29, 1.82) is 0 Å². The van der Waals surface area contributed by atoms with E-state index in [2.05, 4.69) is 5.32 Å². The number of fused-ring (bicyclic) bond motifs is 2. The Bertz CT molecular complexity index is 670. The quantitative estimate of drug-likeness (QED) is 0.883. The van der Waals surface area contributed by atoms with Gasteiger partial charge >= 0.3 is 0 Å². The summed E-state index contributed by atoms with van der Waals surface area (Å²) in [5.41, 5.74) is 8.28. The maximum Gasteiger partial charge on any atom is 0.227 e. The van der Waals surface area contributed by atoms with E-state index in [9.17, 15) is 9.59 Å². The van der Waals surface area contributed by atoms with Crippen molar-refractivity contribution >= 4 is 17.5 Å². The lowest BCUT2D eigenvalue weighted by Gasteiger charge is -2.28. The predicted molar refractivity (Wildman–Crippen MR) is 96.9 cm³/mol. The summed E-state index contributed by atoms with van der Waals surface area (Å²) in [5, 5.41) is 3.15. The molecule has 5 unspecified atom stereocenters. The summed E-state index contributed by atoms with van der Waals surface area (Å²) in [7, 11) is 0. The van der Waals surface area contributed by atoms with Crippen molar-refractivity contribution in [2.75, 3.05) is 11.4 Å². The van der Waals surface area contributed by atoms with Gasteiger partial charge in [-0.05, 0) is 62.1 Å². The zero-order chi connectivity index (χ0) is 17.6. The molecular formula is C20H27N3O2. The molecule has 2 saturated carbocycles. The molecule has 2 aliphatic carbocycles. The number of rotatable bonds is 4. The molecule has 0 spiro atoms. The summed E-state index contributed by atoms with van der Waals surface area (Å²) >= 11 is 0. The van der Waals surface area contributed by atoms with E-state index in [1.165, 1.54) is 6.42 Å². The smallest absolute Gasteiger partial charge is 0.227 e. The van der Waals surface area contributed by atoms with Gasteiger partial charge in [-0.2, -0.15) is 0 Å². The van der Waals surface area contributed by atoms with Crippen molar-refractivity contribution in [3.8, 4) is 0 Å². The van der Waals surface area contributed by atoms with Crippen molar-refractivity contribution in [2.45, 2.75) is 51.1 Å². The molecule has 1 aliphatic heterocycles. The van der Waals surface area contributed by atoms with Gasteiger partial charge in [0.25, 0.3) is 0 Å². The Balaban J connectivity index is 1.40. The first-order valence-electron chi connectivity index (χ1n) is 9.51. The standard InChI is InChI=1S/C20H27N3O2/c1-12(22-20(25)18-14-4-5-15(11-14)19(18)21)13-6-8-16(9-7-13)23-10-2-3-17(23)24/h6-9,12,14-15,18-19H,2-5,10-11,21H2,1H3,(H,22,25). The lowest BCUT2D eigenvalue weighted by atomic mass is 9.84. The van der Waals surface area contributed by atoms with Crippen LogP contribution in [0.1, 0.15) is 50.6 Å². The molecule has 5 heteroatoms. The summed E-state index contributed by atoms with van der Waals surface area (Å²) in [4.78, 5) is 26.4. The molecule has 1 heterocycles. The molecule has 5 atom stereocenters. The zero-order valence-electron chi connectivity index (χ0n) is 14.8. The van der Waals surface area contributed by atoms with E-state index < -0.39 is 0 Å². The SMILES string of the molecule is CC(NC(=O)C1C2CCC(C2)C1N)c1ccc(N2CCCC2=O)cc1. The second-order valence-corrected chi connectivity index (χ2v) is 7.91. The van der Waals surface area contributed by atoms with Crippen LogP contribution in [-0.2, 0) is 9.59 Å². The van der Waals surface area contributed by atoms with Crippen LogP contribution in [0, 0.1) is 17.8 Å². The molecule has 1 saturated heterocycles. The van der Waals surface area contributed by atoms with Crippen LogP contribution in [0.25, 0.3) is 0 Å². The Morgan fingerprint density at radius 3 is 2.56 bits per heavy atom. The van der Waals surface area contributed by atoms with Gasteiger partial charge in [0.2, 0.25) is 11.8 Å². The van der Waals surface area contributed by atoms with Gasteiger partial charge in [-0.15, -0.1) is 0 Å². The number of carbonyl (C=O) groups excluding carboxylic acids is 2. The van der Waals surface area contributed by atoms with Crippen molar-refractivity contribution in [2.24, 2.45) is 23.5 Å². The number of nitrogens with zero attached hydrogens (tertiary/aromatic N) is 1. The molecule has 134 valence electrons. The third-order valence-electron chi connectivity index (χ3n) is 6.42. The lowest BCUT2D eigenvalue weighted by Crippen LogP contribution is -2.45. The second kappa shape index (κ2) is 6.45. The molecule has 2 bridgehead atoms. The van der Waals surface area contributed by atoms with Gasteiger partial charge in [-0.1, -0.05) is 12.1 Å². The van der Waals surface area contributed by atoms with Crippen LogP contribution in [-0.4, -0.2) is 24.4 Å². The highest BCUT2D eigenvalue weighted by molar-refractivity contribution is 5.95. The summed E-state index contributed by atoms with van der Waals surface area (Å²) in [6.07, 6.45) is 5.01. The predicted octanol–water partition coefficient (Wildman–Crippen LogP) is 2.36. The number of hydrogen-bond donors (Lipinski definition) is 2. The van der Waals surface area contributed by atoms with Crippen LogP contribution in [0.2, 0.25) is 0 Å². The first-order valence-corrected chi connectivity index (χ1v) is 9.51. The maximum atomic E-state index is 12.7. The van der Waals surface area contributed by atoms with E-state index in [1.807, 2.05) is 36.1 Å². The van der Waals surface area contributed by atoms with Crippen molar-refractivity contribution in [1.82, 2.24) is 5.32 Å². The number of anilines is 1. The Morgan fingerprint density at radius 2 is 1.96 bits per heavy atom. The minimum absolute atomic E-state index is 0.0227. The first-order chi connectivity index (χ1) is 12.0. The number of carbonyl (C=O) groups is 2. The minimum Gasteiger partial charge on any atom is -0.349 e. The molecule has 3 aliphatic rings. The summed E-state index contributed by atoms with van der Waals surface area (Å²) in [6.45, 7) is 2.80. The van der Waals surface area contributed by atoms with Gasteiger partial charge < -0.3 is 16.0 Å². The highest BCUT2D eigenvalue weighted by Crippen LogP contribution is 2.47. The molecule has 0 aromatic heterocycles. The molecule has 25 heavy (non-hydrogen) atoms. The van der Waals surface area contributed by atoms with Gasteiger partial charge in [0.1, 0.15) is 0 Å². The second-order valence-electron chi connectivity index (χ2n) is 7.91. The van der Waals surface area contributed by atoms with E-state index in [-0.39, 0.29) is 29.8 Å². The molecule has 0 radical (unpaired) electrons. The van der Waals surface area contributed by atoms with Crippen molar-refractivity contribution < 1.29 is 9.59 Å². The topological polar surface area (TPSA) is 75.4 Å². The fourth-order valence-electron chi connectivity index (χ4n) is 4.98. The average molecular weight is 341 g/mol. The molecule has 4 rings (SSSR count). The molecule has 5 nitrogen and oxygen atoms in total. The van der Waals surface area contributed by atoms with Crippen LogP contribution in [0.3, 0.4) is 0 Å². The Kier molecular flexibility index (Phi) is 4.28. The van der Waals surface area contributed by atoms with Crippen molar-refractivity contribution in [3.63, 3.8) is 0 Å². The fourth-order valence-corrected chi connectivity index (χ4v) is 4.98. The van der Waals surface area contributed by atoms with E-state index in [0.29, 0.717) is 18.3 Å². The molecule has 2 amide bonds. The van der Waals surface area contributed by atoms with Crippen molar-refractivity contribution in [3.05, 3.63) is 29.8 Å². The molecule has 1 aromatic rings. The average Bonchev–Trinajstić information content (AvgIpc) is 3.31. The fraction of sp³-hybridized carbons (Fsp3) is 0.600. The van der Waals surface area contributed by atoms with Crippen LogP contribution in [0.5, 0.6) is 0 Å². The molecular weight excluding hydrogens is 314 g/mol. The summed E-state index contributed by atoms with van der Waals surface area (Å²) in [5.74, 6) is 1.28. The van der Waals surface area contributed by atoms with Gasteiger partial charge in [-0.25, -0.2) is 0 Å². The van der Waals surface area contributed by atoms with Gasteiger partial charge in [0, 0.05) is 24.7 Å². The van der Waals surface area contributed by atoms with E-state index in [4.69, 9.17) is 5.73 Å². The molecule has 1 aromatic carbocycles. The zero-order valence-corrected chi connectivity index (χ0v) is 14.8.